The molecule has 1 N–H and O–H groups in total. The normalized spacial score (nSPS) is 10.4. The van der Waals surface area contributed by atoms with Crippen molar-refractivity contribution in [2.45, 2.75) is 6.61 Å². The predicted octanol–water partition coefficient (Wildman–Crippen LogP) is 3.13. The van der Waals surface area contributed by atoms with Crippen LogP contribution in [0.25, 0.3) is 11.1 Å². The first-order valence-corrected chi connectivity index (χ1v) is 5.39. The number of ether oxygens (including phenoxy) is 1. The van der Waals surface area contributed by atoms with Crippen molar-refractivity contribution in [3.8, 4) is 16.9 Å². The highest BCUT2D eigenvalue weighted by Gasteiger charge is 2.15. The van der Waals surface area contributed by atoms with E-state index in [-0.39, 0.29) is 17.9 Å². The molecule has 2 aromatic carbocycles. The molecule has 4 heteroatoms. The lowest BCUT2D eigenvalue weighted by molar-refractivity contribution is 0.282. The minimum Gasteiger partial charge on any atom is -0.494 e. The average molecular weight is 250 g/mol. The first-order valence-electron chi connectivity index (χ1n) is 5.39. The van der Waals surface area contributed by atoms with E-state index < -0.39 is 11.6 Å². The molecule has 0 amide bonds. The van der Waals surface area contributed by atoms with E-state index in [9.17, 15) is 8.78 Å². The molecular formula is C14H12F2O2. The number of methoxy groups -OCH3 is 1. The average Bonchev–Trinajstić information content (AvgIpc) is 2.42. The van der Waals surface area contributed by atoms with E-state index in [1.807, 2.05) is 0 Å². The van der Waals surface area contributed by atoms with Crippen molar-refractivity contribution in [1.29, 1.82) is 0 Å². The molecule has 0 heterocycles. The van der Waals surface area contributed by atoms with Crippen LogP contribution in [-0.4, -0.2) is 12.2 Å². The first-order chi connectivity index (χ1) is 8.67. The molecule has 0 saturated carbocycles. The van der Waals surface area contributed by atoms with Crippen LogP contribution < -0.4 is 4.74 Å². The zero-order valence-electron chi connectivity index (χ0n) is 9.78. The second-order valence-electron chi connectivity index (χ2n) is 3.80. The molecule has 0 aliphatic rings. The van der Waals surface area contributed by atoms with E-state index in [0.29, 0.717) is 11.1 Å². The Labute approximate surface area is 103 Å². The van der Waals surface area contributed by atoms with Gasteiger partial charge in [-0.3, -0.25) is 0 Å². The number of halogens is 2. The van der Waals surface area contributed by atoms with Gasteiger partial charge in [-0.25, -0.2) is 4.39 Å². The number of benzene rings is 2. The van der Waals surface area contributed by atoms with Gasteiger partial charge in [0, 0.05) is 5.56 Å². The van der Waals surface area contributed by atoms with Crippen LogP contribution in [-0.2, 0) is 6.61 Å². The number of aliphatic hydroxyl groups excluding tert-OH is 1. The molecular weight excluding hydrogens is 238 g/mol. The van der Waals surface area contributed by atoms with E-state index in [2.05, 4.69) is 0 Å². The third kappa shape index (κ3) is 2.19. The summed E-state index contributed by atoms with van der Waals surface area (Å²) in [6, 6.07) is 9.49. The predicted molar refractivity (Wildman–Crippen MR) is 64.3 cm³/mol. The highest BCUT2D eigenvalue weighted by atomic mass is 19.2. The van der Waals surface area contributed by atoms with Gasteiger partial charge in [-0.2, -0.15) is 4.39 Å². The van der Waals surface area contributed by atoms with Crippen LogP contribution in [0.15, 0.2) is 36.4 Å². The molecule has 0 aliphatic heterocycles. The topological polar surface area (TPSA) is 29.5 Å². The van der Waals surface area contributed by atoms with Crippen molar-refractivity contribution in [3.05, 3.63) is 53.6 Å². The first kappa shape index (κ1) is 12.5. The van der Waals surface area contributed by atoms with Crippen LogP contribution in [0.3, 0.4) is 0 Å². The summed E-state index contributed by atoms with van der Waals surface area (Å²) in [6.07, 6.45) is 0. The van der Waals surface area contributed by atoms with Gasteiger partial charge in [-0.05, 0) is 29.3 Å². The molecule has 0 unspecified atom stereocenters. The number of aliphatic hydroxyl groups is 1. The lowest BCUT2D eigenvalue weighted by Crippen LogP contribution is -1.95. The van der Waals surface area contributed by atoms with Crippen LogP contribution in [0.4, 0.5) is 8.78 Å². The highest BCUT2D eigenvalue weighted by molar-refractivity contribution is 5.66. The Morgan fingerprint density at radius 1 is 1.11 bits per heavy atom. The van der Waals surface area contributed by atoms with Gasteiger partial charge >= 0.3 is 0 Å². The minimum absolute atomic E-state index is 0.130. The lowest BCUT2D eigenvalue weighted by atomic mass is 10.0. The van der Waals surface area contributed by atoms with Gasteiger partial charge in [0.05, 0.1) is 13.7 Å². The van der Waals surface area contributed by atoms with Crippen molar-refractivity contribution in [2.24, 2.45) is 0 Å². The van der Waals surface area contributed by atoms with Crippen molar-refractivity contribution in [1.82, 2.24) is 0 Å². The van der Waals surface area contributed by atoms with Gasteiger partial charge in [0.2, 0.25) is 5.82 Å². The van der Waals surface area contributed by atoms with Gasteiger partial charge < -0.3 is 9.84 Å². The molecule has 0 aliphatic carbocycles. The molecule has 0 saturated heterocycles. The number of hydrogen-bond acceptors (Lipinski definition) is 2. The monoisotopic (exact) mass is 250 g/mol. The van der Waals surface area contributed by atoms with Gasteiger partial charge in [0.1, 0.15) is 0 Å². The Hall–Kier alpha value is -1.94. The summed E-state index contributed by atoms with van der Waals surface area (Å²) < 4.78 is 32.1. The summed E-state index contributed by atoms with van der Waals surface area (Å²) in [5, 5.41) is 9.03. The molecule has 94 valence electrons. The highest BCUT2D eigenvalue weighted by Crippen LogP contribution is 2.30. The Morgan fingerprint density at radius 2 is 1.89 bits per heavy atom. The third-order valence-corrected chi connectivity index (χ3v) is 2.69. The number of hydrogen-bond donors (Lipinski definition) is 1. The lowest BCUT2D eigenvalue weighted by Gasteiger charge is -2.08. The van der Waals surface area contributed by atoms with Crippen LogP contribution >= 0.6 is 0 Å². The van der Waals surface area contributed by atoms with Crippen molar-refractivity contribution in [2.75, 3.05) is 7.11 Å². The van der Waals surface area contributed by atoms with Gasteiger partial charge in [-0.1, -0.05) is 18.2 Å². The van der Waals surface area contributed by atoms with Crippen molar-refractivity contribution < 1.29 is 18.6 Å². The Kier molecular flexibility index (Phi) is 3.58. The summed E-state index contributed by atoms with van der Waals surface area (Å²) in [7, 11) is 1.28. The van der Waals surface area contributed by atoms with Crippen molar-refractivity contribution in [3.63, 3.8) is 0 Å². The fourth-order valence-electron chi connectivity index (χ4n) is 1.75. The van der Waals surface area contributed by atoms with E-state index in [1.165, 1.54) is 19.2 Å². The summed E-state index contributed by atoms with van der Waals surface area (Å²) >= 11 is 0. The Morgan fingerprint density at radius 3 is 2.56 bits per heavy atom. The van der Waals surface area contributed by atoms with E-state index >= 15 is 0 Å². The van der Waals surface area contributed by atoms with Gasteiger partial charge in [-0.15, -0.1) is 0 Å². The standard InChI is InChI=1S/C14H12F2O2/c1-18-12-6-5-11(13(15)14(12)16)10-4-2-3-9(7-10)8-17/h2-7,17H,8H2,1H3. The van der Waals surface area contributed by atoms with Crippen LogP contribution in [0, 0.1) is 11.6 Å². The summed E-state index contributed by atoms with van der Waals surface area (Å²) in [5.41, 5.74) is 1.30. The quantitative estimate of drug-likeness (QED) is 0.906. The summed E-state index contributed by atoms with van der Waals surface area (Å²) in [4.78, 5) is 0. The zero-order chi connectivity index (χ0) is 13.1. The van der Waals surface area contributed by atoms with E-state index in [1.54, 1.807) is 24.3 Å². The van der Waals surface area contributed by atoms with Crippen molar-refractivity contribution >= 4 is 0 Å². The van der Waals surface area contributed by atoms with E-state index in [4.69, 9.17) is 9.84 Å². The Bertz CT molecular complexity index is 568. The fraction of sp³-hybridized carbons (Fsp3) is 0.143. The molecule has 2 aromatic rings. The molecule has 2 rings (SSSR count). The number of rotatable bonds is 3. The van der Waals surface area contributed by atoms with Crippen LogP contribution in [0.1, 0.15) is 5.56 Å². The maximum absolute atomic E-state index is 13.9. The minimum atomic E-state index is -1.01. The molecule has 0 spiro atoms. The largest absolute Gasteiger partial charge is 0.494 e. The summed E-state index contributed by atoms with van der Waals surface area (Å²) in [6.45, 7) is -0.145. The molecule has 2 nitrogen and oxygen atoms in total. The molecule has 18 heavy (non-hydrogen) atoms. The summed E-state index contributed by atoms with van der Waals surface area (Å²) in [5.74, 6) is -2.09. The second-order valence-corrected chi connectivity index (χ2v) is 3.80. The van der Waals surface area contributed by atoms with Gasteiger partial charge in [0.15, 0.2) is 11.6 Å². The van der Waals surface area contributed by atoms with E-state index in [0.717, 1.165) is 0 Å². The fourth-order valence-corrected chi connectivity index (χ4v) is 1.75. The smallest absolute Gasteiger partial charge is 0.201 e. The third-order valence-electron chi connectivity index (χ3n) is 2.69. The maximum Gasteiger partial charge on any atom is 0.201 e. The van der Waals surface area contributed by atoms with Crippen LogP contribution in [0.2, 0.25) is 0 Å². The molecule has 0 aromatic heterocycles. The maximum atomic E-state index is 13.9. The van der Waals surface area contributed by atoms with Gasteiger partial charge in [0.25, 0.3) is 0 Å². The molecule has 0 bridgehead atoms. The zero-order valence-corrected chi connectivity index (χ0v) is 9.78. The molecule has 0 fully saturated rings. The SMILES string of the molecule is COc1ccc(-c2cccc(CO)c2)c(F)c1F. The second kappa shape index (κ2) is 5.14. The molecule has 0 atom stereocenters. The molecule has 0 radical (unpaired) electrons. The Balaban J connectivity index is 2.54. The van der Waals surface area contributed by atoms with Crippen LogP contribution in [0.5, 0.6) is 5.75 Å².